The number of hydrogen-bond acceptors (Lipinski definition) is 2. The van der Waals surface area contributed by atoms with E-state index in [9.17, 15) is 4.79 Å². The lowest BCUT2D eigenvalue weighted by atomic mass is 9.95. The molecule has 2 rings (SSSR count). The number of Topliss-reactive ketones (excluding diaryl/α,β-unsaturated/α-hetero) is 1. The minimum absolute atomic E-state index is 0.0221. The molecule has 1 aliphatic rings. The highest BCUT2D eigenvalue weighted by molar-refractivity contribution is 5.79. The topological polar surface area (TPSA) is 26.3 Å². The van der Waals surface area contributed by atoms with E-state index in [2.05, 4.69) is 32.0 Å². The molecule has 0 spiro atoms. The molecule has 1 fully saturated rings. The first-order valence-electron chi connectivity index (χ1n) is 5.37. The molecule has 1 unspecified atom stereocenters. The van der Waals surface area contributed by atoms with Crippen molar-refractivity contribution in [2.24, 2.45) is 0 Å². The zero-order chi connectivity index (χ0) is 10.8. The predicted molar refractivity (Wildman–Crippen MR) is 58.9 cm³/mol. The molecular weight excluding hydrogens is 188 g/mol. The van der Waals surface area contributed by atoms with Gasteiger partial charge in [-0.3, -0.25) is 4.79 Å². The van der Waals surface area contributed by atoms with Gasteiger partial charge in [-0.05, 0) is 25.0 Å². The van der Waals surface area contributed by atoms with Crippen LogP contribution in [-0.2, 0) is 9.53 Å². The van der Waals surface area contributed by atoms with E-state index in [-0.39, 0.29) is 6.10 Å². The number of aryl methyl sites for hydroxylation is 2. The van der Waals surface area contributed by atoms with Crippen LogP contribution in [0.1, 0.15) is 35.6 Å². The summed E-state index contributed by atoms with van der Waals surface area (Å²) < 4.78 is 5.65. The van der Waals surface area contributed by atoms with Gasteiger partial charge in [0.05, 0.1) is 12.7 Å². The first-order chi connectivity index (χ1) is 7.16. The van der Waals surface area contributed by atoms with Crippen molar-refractivity contribution in [1.29, 1.82) is 0 Å². The van der Waals surface area contributed by atoms with Gasteiger partial charge in [0.15, 0.2) is 0 Å². The first-order valence-corrected chi connectivity index (χ1v) is 5.37. The lowest BCUT2D eigenvalue weighted by Gasteiger charge is -2.23. The normalized spacial score (nSPS) is 21.7. The number of benzene rings is 1. The number of ether oxygens (including phenoxy) is 1. The Morgan fingerprint density at radius 2 is 2.13 bits per heavy atom. The van der Waals surface area contributed by atoms with Crippen LogP contribution in [0.5, 0.6) is 0 Å². The molecule has 1 aromatic rings. The van der Waals surface area contributed by atoms with Crippen LogP contribution in [0.2, 0.25) is 0 Å². The van der Waals surface area contributed by atoms with E-state index in [1.807, 2.05) is 0 Å². The number of hydrogen-bond donors (Lipinski definition) is 0. The summed E-state index contributed by atoms with van der Waals surface area (Å²) in [7, 11) is 0. The molecule has 0 radical (unpaired) electrons. The van der Waals surface area contributed by atoms with E-state index in [1.165, 1.54) is 16.7 Å². The van der Waals surface area contributed by atoms with Crippen molar-refractivity contribution in [1.82, 2.24) is 0 Å². The molecular formula is C13H16O2. The minimum Gasteiger partial charge on any atom is -0.373 e. The van der Waals surface area contributed by atoms with Crippen molar-refractivity contribution in [3.8, 4) is 0 Å². The largest absolute Gasteiger partial charge is 0.373 e. The van der Waals surface area contributed by atoms with E-state index in [4.69, 9.17) is 4.74 Å². The van der Waals surface area contributed by atoms with Crippen LogP contribution in [-0.4, -0.2) is 12.4 Å². The Labute approximate surface area is 90.3 Å². The van der Waals surface area contributed by atoms with Crippen molar-refractivity contribution in [3.05, 3.63) is 34.9 Å². The quantitative estimate of drug-likeness (QED) is 0.703. The van der Waals surface area contributed by atoms with Crippen LogP contribution in [0, 0.1) is 13.8 Å². The zero-order valence-corrected chi connectivity index (χ0v) is 9.25. The Morgan fingerprint density at radius 3 is 2.87 bits per heavy atom. The van der Waals surface area contributed by atoms with Gasteiger partial charge in [-0.2, -0.15) is 0 Å². The van der Waals surface area contributed by atoms with Gasteiger partial charge in [0, 0.05) is 12.8 Å². The highest BCUT2D eigenvalue weighted by atomic mass is 16.5. The number of carbonyl (C=O) groups excluding carboxylic acids is 1. The molecule has 2 heteroatoms. The van der Waals surface area contributed by atoms with Crippen LogP contribution in [0.3, 0.4) is 0 Å². The van der Waals surface area contributed by atoms with Crippen LogP contribution in [0.15, 0.2) is 18.2 Å². The average Bonchev–Trinajstić information content (AvgIpc) is 2.22. The zero-order valence-electron chi connectivity index (χ0n) is 9.25. The fourth-order valence-corrected chi connectivity index (χ4v) is 1.99. The average molecular weight is 204 g/mol. The van der Waals surface area contributed by atoms with Crippen molar-refractivity contribution >= 4 is 5.78 Å². The standard InChI is InChI=1S/C13H16O2/c1-9-3-4-10(2)12(7-9)13-8-11(14)5-6-15-13/h3-4,7,13H,5-6,8H2,1-2H3. The van der Waals surface area contributed by atoms with Crippen LogP contribution in [0.4, 0.5) is 0 Å². The van der Waals surface area contributed by atoms with Gasteiger partial charge in [0.25, 0.3) is 0 Å². The monoisotopic (exact) mass is 204 g/mol. The lowest BCUT2D eigenvalue weighted by molar-refractivity contribution is -0.128. The maximum atomic E-state index is 11.4. The second-order valence-corrected chi connectivity index (χ2v) is 4.21. The molecule has 0 saturated carbocycles. The van der Waals surface area contributed by atoms with E-state index >= 15 is 0 Å². The van der Waals surface area contributed by atoms with E-state index < -0.39 is 0 Å². The SMILES string of the molecule is Cc1ccc(C)c(C2CC(=O)CCO2)c1. The summed E-state index contributed by atoms with van der Waals surface area (Å²) in [5.41, 5.74) is 3.60. The minimum atomic E-state index is -0.0221. The molecule has 0 aliphatic carbocycles. The summed E-state index contributed by atoms with van der Waals surface area (Å²) >= 11 is 0. The Kier molecular flexibility index (Phi) is 2.87. The van der Waals surface area contributed by atoms with Crippen molar-refractivity contribution in [3.63, 3.8) is 0 Å². The van der Waals surface area contributed by atoms with Crippen LogP contribution < -0.4 is 0 Å². The summed E-state index contributed by atoms with van der Waals surface area (Å²) in [6.07, 6.45) is 1.08. The van der Waals surface area contributed by atoms with Crippen molar-refractivity contribution in [2.75, 3.05) is 6.61 Å². The smallest absolute Gasteiger partial charge is 0.138 e. The Morgan fingerprint density at radius 1 is 1.33 bits per heavy atom. The first kappa shape index (κ1) is 10.4. The molecule has 0 bridgehead atoms. The summed E-state index contributed by atoms with van der Waals surface area (Å²) in [6, 6.07) is 6.30. The van der Waals surface area contributed by atoms with E-state index in [0.717, 1.165) is 0 Å². The van der Waals surface area contributed by atoms with Gasteiger partial charge < -0.3 is 4.74 Å². The summed E-state index contributed by atoms with van der Waals surface area (Å²) in [6.45, 7) is 4.70. The van der Waals surface area contributed by atoms with Crippen molar-refractivity contribution in [2.45, 2.75) is 32.8 Å². The summed E-state index contributed by atoms with van der Waals surface area (Å²) in [4.78, 5) is 11.4. The fraction of sp³-hybridized carbons (Fsp3) is 0.462. The highest BCUT2D eigenvalue weighted by Crippen LogP contribution is 2.28. The number of ketones is 1. The molecule has 0 amide bonds. The van der Waals surface area contributed by atoms with E-state index in [1.54, 1.807) is 0 Å². The fourth-order valence-electron chi connectivity index (χ4n) is 1.99. The second-order valence-electron chi connectivity index (χ2n) is 4.21. The van der Waals surface area contributed by atoms with Gasteiger partial charge in [-0.25, -0.2) is 0 Å². The Bertz CT molecular complexity index is 382. The molecule has 1 saturated heterocycles. The summed E-state index contributed by atoms with van der Waals surface area (Å²) in [5, 5.41) is 0. The van der Waals surface area contributed by atoms with E-state index in [0.29, 0.717) is 25.2 Å². The molecule has 1 aromatic carbocycles. The van der Waals surface area contributed by atoms with Gasteiger partial charge in [-0.1, -0.05) is 23.8 Å². The maximum Gasteiger partial charge on any atom is 0.138 e. The third kappa shape index (κ3) is 2.26. The molecule has 2 nitrogen and oxygen atoms in total. The molecule has 0 aromatic heterocycles. The van der Waals surface area contributed by atoms with Crippen LogP contribution in [0.25, 0.3) is 0 Å². The third-order valence-electron chi connectivity index (χ3n) is 2.89. The summed E-state index contributed by atoms with van der Waals surface area (Å²) in [5.74, 6) is 0.312. The van der Waals surface area contributed by atoms with Crippen molar-refractivity contribution < 1.29 is 9.53 Å². The number of carbonyl (C=O) groups is 1. The Hall–Kier alpha value is -1.15. The van der Waals surface area contributed by atoms with Gasteiger partial charge in [0.2, 0.25) is 0 Å². The Balaban J connectivity index is 2.27. The second kappa shape index (κ2) is 4.15. The highest BCUT2D eigenvalue weighted by Gasteiger charge is 2.22. The molecule has 80 valence electrons. The van der Waals surface area contributed by atoms with Crippen LogP contribution >= 0.6 is 0 Å². The van der Waals surface area contributed by atoms with Gasteiger partial charge in [0.1, 0.15) is 5.78 Å². The molecule has 0 N–H and O–H groups in total. The van der Waals surface area contributed by atoms with Gasteiger partial charge in [-0.15, -0.1) is 0 Å². The molecule has 15 heavy (non-hydrogen) atoms. The molecule has 1 heterocycles. The maximum absolute atomic E-state index is 11.4. The number of rotatable bonds is 1. The predicted octanol–water partition coefficient (Wildman–Crippen LogP) is 2.72. The molecule has 1 atom stereocenters. The molecule has 1 aliphatic heterocycles. The lowest BCUT2D eigenvalue weighted by Crippen LogP contribution is -2.20. The van der Waals surface area contributed by atoms with Gasteiger partial charge >= 0.3 is 0 Å². The third-order valence-corrected chi connectivity index (χ3v) is 2.89.